The molecular formula is C13H17ClN2O2. The summed E-state index contributed by atoms with van der Waals surface area (Å²) in [4.78, 5) is 23.0. The SMILES string of the molecule is Cc1cccc(C(=O)NC(C)(C)CC(N)=O)c1Cl. The lowest BCUT2D eigenvalue weighted by molar-refractivity contribution is -0.119. The Morgan fingerprint density at radius 3 is 2.56 bits per heavy atom. The van der Waals surface area contributed by atoms with Crippen LogP contribution in [0.4, 0.5) is 0 Å². The molecule has 0 heterocycles. The van der Waals surface area contributed by atoms with Crippen molar-refractivity contribution in [2.45, 2.75) is 32.7 Å². The molecule has 1 aromatic rings. The van der Waals surface area contributed by atoms with E-state index < -0.39 is 11.4 Å². The fraction of sp³-hybridized carbons (Fsp3) is 0.385. The van der Waals surface area contributed by atoms with E-state index in [0.717, 1.165) is 5.56 Å². The topological polar surface area (TPSA) is 72.2 Å². The van der Waals surface area contributed by atoms with E-state index in [2.05, 4.69) is 5.32 Å². The van der Waals surface area contributed by atoms with Crippen LogP contribution in [0.5, 0.6) is 0 Å². The van der Waals surface area contributed by atoms with Crippen molar-refractivity contribution in [1.82, 2.24) is 5.32 Å². The third-order valence-electron chi connectivity index (χ3n) is 2.50. The van der Waals surface area contributed by atoms with Crippen molar-refractivity contribution in [3.63, 3.8) is 0 Å². The standard InChI is InChI=1S/C13H17ClN2O2/c1-8-5-4-6-9(11(8)14)12(18)16-13(2,3)7-10(15)17/h4-6H,7H2,1-3H3,(H2,15,17)(H,16,18). The minimum atomic E-state index is -0.698. The van der Waals surface area contributed by atoms with Crippen molar-refractivity contribution in [2.75, 3.05) is 0 Å². The minimum Gasteiger partial charge on any atom is -0.370 e. The summed E-state index contributed by atoms with van der Waals surface area (Å²) >= 11 is 6.07. The molecule has 0 fully saturated rings. The van der Waals surface area contributed by atoms with Gasteiger partial charge in [-0.2, -0.15) is 0 Å². The number of carbonyl (C=O) groups is 2. The predicted octanol–water partition coefficient (Wildman–Crippen LogP) is 2.03. The third kappa shape index (κ3) is 3.74. The van der Waals surface area contributed by atoms with Gasteiger partial charge < -0.3 is 11.1 Å². The van der Waals surface area contributed by atoms with Crippen LogP contribution in [-0.2, 0) is 4.79 Å². The fourth-order valence-electron chi connectivity index (χ4n) is 1.68. The van der Waals surface area contributed by atoms with Crippen LogP contribution in [-0.4, -0.2) is 17.4 Å². The number of hydrogen-bond donors (Lipinski definition) is 2. The monoisotopic (exact) mass is 268 g/mol. The summed E-state index contributed by atoms with van der Waals surface area (Å²) in [5.41, 5.74) is 5.66. The maximum Gasteiger partial charge on any atom is 0.253 e. The fourth-order valence-corrected chi connectivity index (χ4v) is 1.89. The Hall–Kier alpha value is -1.55. The normalized spacial score (nSPS) is 11.1. The third-order valence-corrected chi connectivity index (χ3v) is 3.01. The van der Waals surface area contributed by atoms with Crippen LogP contribution < -0.4 is 11.1 Å². The molecule has 0 spiro atoms. The Morgan fingerprint density at radius 2 is 2.00 bits per heavy atom. The maximum absolute atomic E-state index is 12.1. The molecule has 0 aliphatic rings. The summed E-state index contributed by atoms with van der Waals surface area (Å²) in [5.74, 6) is -0.773. The lowest BCUT2D eigenvalue weighted by Gasteiger charge is -2.25. The molecule has 0 atom stereocenters. The number of rotatable bonds is 4. The number of hydrogen-bond acceptors (Lipinski definition) is 2. The second kappa shape index (κ2) is 5.40. The van der Waals surface area contributed by atoms with Gasteiger partial charge in [-0.3, -0.25) is 9.59 Å². The Morgan fingerprint density at radius 1 is 1.39 bits per heavy atom. The molecule has 18 heavy (non-hydrogen) atoms. The summed E-state index contributed by atoms with van der Waals surface area (Å²) < 4.78 is 0. The molecule has 5 heteroatoms. The van der Waals surface area contributed by atoms with Crippen molar-refractivity contribution in [2.24, 2.45) is 5.73 Å². The number of aryl methyl sites for hydroxylation is 1. The van der Waals surface area contributed by atoms with Gasteiger partial charge in [0, 0.05) is 12.0 Å². The minimum absolute atomic E-state index is 0.0716. The number of nitrogens with two attached hydrogens (primary N) is 1. The van der Waals surface area contributed by atoms with Crippen LogP contribution in [0.25, 0.3) is 0 Å². The van der Waals surface area contributed by atoms with Gasteiger partial charge in [-0.05, 0) is 32.4 Å². The second-order valence-electron chi connectivity index (χ2n) is 4.92. The summed E-state index contributed by atoms with van der Waals surface area (Å²) in [5, 5.41) is 3.17. The molecule has 98 valence electrons. The number of benzene rings is 1. The van der Waals surface area contributed by atoms with Crippen molar-refractivity contribution < 1.29 is 9.59 Å². The highest BCUT2D eigenvalue weighted by atomic mass is 35.5. The highest BCUT2D eigenvalue weighted by Gasteiger charge is 2.24. The molecular weight excluding hydrogens is 252 g/mol. The Bertz CT molecular complexity index is 484. The van der Waals surface area contributed by atoms with Crippen LogP contribution in [0.1, 0.15) is 36.2 Å². The molecule has 0 aromatic heterocycles. The van der Waals surface area contributed by atoms with Crippen molar-refractivity contribution in [3.8, 4) is 0 Å². The molecule has 0 aliphatic heterocycles. The van der Waals surface area contributed by atoms with Crippen LogP contribution in [0.2, 0.25) is 5.02 Å². The first-order valence-corrected chi connectivity index (χ1v) is 5.96. The Labute approximate surface area is 112 Å². The second-order valence-corrected chi connectivity index (χ2v) is 5.30. The molecule has 0 radical (unpaired) electrons. The lowest BCUT2D eigenvalue weighted by Crippen LogP contribution is -2.46. The number of primary amides is 1. The van der Waals surface area contributed by atoms with Crippen molar-refractivity contribution in [1.29, 1.82) is 0 Å². The van der Waals surface area contributed by atoms with E-state index >= 15 is 0 Å². The molecule has 0 saturated heterocycles. The van der Waals surface area contributed by atoms with E-state index in [4.69, 9.17) is 17.3 Å². The van der Waals surface area contributed by atoms with Gasteiger partial charge in [-0.15, -0.1) is 0 Å². The molecule has 4 nitrogen and oxygen atoms in total. The van der Waals surface area contributed by atoms with E-state index in [9.17, 15) is 9.59 Å². The van der Waals surface area contributed by atoms with Gasteiger partial charge in [-0.1, -0.05) is 23.7 Å². The van der Waals surface area contributed by atoms with Gasteiger partial charge in [0.25, 0.3) is 5.91 Å². The highest BCUT2D eigenvalue weighted by molar-refractivity contribution is 6.34. The van der Waals surface area contributed by atoms with Crippen LogP contribution in [0.15, 0.2) is 18.2 Å². The van der Waals surface area contributed by atoms with Crippen molar-refractivity contribution in [3.05, 3.63) is 34.3 Å². The lowest BCUT2D eigenvalue weighted by atomic mass is 9.99. The van der Waals surface area contributed by atoms with E-state index in [0.29, 0.717) is 10.6 Å². The highest BCUT2D eigenvalue weighted by Crippen LogP contribution is 2.21. The zero-order chi connectivity index (χ0) is 13.9. The van der Waals surface area contributed by atoms with Crippen LogP contribution >= 0.6 is 11.6 Å². The zero-order valence-corrected chi connectivity index (χ0v) is 11.5. The molecule has 3 N–H and O–H groups in total. The average molecular weight is 269 g/mol. The summed E-state index contributed by atoms with van der Waals surface area (Å²) in [6.45, 7) is 5.30. The molecule has 0 unspecified atom stereocenters. The summed E-state index contributed by atoms with van der Waals surface area (Å²) in [6, 6.07) is 5.23. The molecule has 0 aliphatic carbocycles. The molecule has 2 amide bonds. The van der Waals surface area contributed by atoms with E-state index in [-0.39, 0.29) is 12.3 Å². The van der Waals surface area contributed by atoms with Gasteiger partial charge in [0.05, 0.1) is 10.6 Å². The quantitative estimate of drug-likeness (QED) is 0.877. The smallest absolute Gasteiger partial charge is 0.253 e. The van der Waals surface area contributed by atoms with Crippen LogP contribution in [0, 0.1) is 6.92 Å². The van der Waals surface area contributed by atoms with Crippen molar-refractivity contribution >= 4 is 23.4 Å². The van der Waals surface area contributed by atoms with E-state index in [1.54, 1.807) is 26.0 Å². The summed E-state index contributed by atoms with van der Waals surface area (Å²) in [7, 11) is 0. The summed E-state index contributed by atoms with van der Waals surface area (Å²) in [6.07, 6.45) is 0.0716. The first-order valence-electron chi connectivity index (χ1n) is 5.59. The first-order chi connectivity index (χ1) is 8.23. The first kappa shape index (κ1) is 14.5. The van der Waals surface area contributed by atoms with Gasteiger partial charge in [-0.25, -0.2) is 0 Å². The number of amides is 2. The van der Waals surface area contributed by atoms with Gasteiger partial charge in [0.1, 0.15) is 0 Å². The van der Waals surface area contributed by atoms with Gasteiger partial charge in [0.2, 0.25) is 5.91 Å². The maximum atomic E-state index is 12.1. The zero-order valence-electron chi connectivity index (χ0n) is 10.7. The molecule has 1 aromatic carbocycles. The number of nitrogens with one attached hydrogen (secondary N) is 1. The van der Waals surface area contributed by atoms with Gasteiger partial charge >= 0.3 is 0 Å². The Kier molecular flexibility index (Phi) is 4.35. The molecule has 0 bridgehead atoms. The number of halogens is 1. The molecule has 0 saturated carbocycles. The van der Waals surface area contributed by atoms with E-state index in [1.807, 2.05) is 13.0 Å². The largest absolute Gasteiger partial charge is 0.370 e. The Balaban J connectivity index is 2.89. The number of carbonyl (C=O) groups excluding carboxylic acids is 2. The molecule has 1 rings (SSSR count). The van der Waals surface area contributed by atoms with Gasteiger partial charge in [0.15, 0.2) is 0 Å². The predicted molar refractivity (Wildman–Crippen MR) is 71.5 cm³/mol. The average Bonchev–Trinajstić information content (AvgIpc) is 2.18. The van der Waals surface area contributed by atoms with Crippen LogP contribution in [0.3, 0.4) is 0 Å². The van der Waals surface area contributed by atoms with E-state index in [1.165, 1.54) is 0 Å².